The number of aryl methyl sites for hydroxylation is 1. The number of nitrogens with two attached hydrogens (primary N) is 1. The summed E-state index contributed by atoms with van der Waals surface area (Å²) in [5, 5.41) is 11.1. The maximum Gasteiger partial charge on any atom is 0.422 e. The van der Waals surface area contributed by atoms with Gasteiger partial charge in [-0.25, -0.2) is 18.4 Å². The van der Waals surface area contributed by atoms with Crippen LogP contribution >= 0.6 is 0 Å². The van der Waals surface area contributed by atoms with Crippen LogP contribution in [0.1, 0.15) is 56.0 Å². The second-order valence-corrected chi connectivity index (χ2v) is 14.3. The fraction of sp³-hybridized carbons (Fsp3) is 0.459. The number of rotatable bonds is 11. The highest BCUT2D eigenvalue weighted by molar-refractivity contribution is 6.10. The van der Waals surface area contributed by atoms with Crippen LogP contribution in [0.15, 0.2) is 30.3 Å². The lowest BCUT2D eigenvalue weighted by molar-refractivity contribution is -0.154. The van der Waals surface area contributed by atoms with Crippen molar-refractivity contribution in [3.63, 3.8) is 0 Å². The van der Waals surface area contributed by atoms with Crippen LogP contribution in [0.2, 0.25) is 0 Å². The molecule has 2 fully saturated rings. The number of benzene rings is 3. The van der Waals surface area contributed by atoms with Crippen LogP contribution in [0.5, 0.6) is 11.8 Å². The number of aromatic nitrogens is 2. The van der Waals surface area contributed by atoms with Gasteiger partial charge in [0.1, 0.15) is 28.5 Å². The molecule has 2 aliphatic heterocycles. The van der Waals surface area contributed by atoms with Gasteiger partial charge in [0, 0.05) is 31.1 Å². The number of anilines is 1. The molecule has 2 atom stereocenters. The third-order valence-electron chi connectivity index (χ3n) is 9.26. The minimum atomic E-state index is -4.79. The Hall–Kier alpha value is -5.03. The molecule has 3 heterocycles. The molecule has 2 bridgehead atoms. The van der Waals surface area contributed by atoms with Crippen molar-refractivity contribution in [3.8, 4) is 22.9 Å². The number of carboxylic acid groups (broad SMARTS) is 1. The Balaban J connectivity index is 1.58. The number of alkyl halides is 3. The van der Waals surface area contributed by atoms with Gasteiger partial charge in [0.05, 0.1) is 17.6 Å². The summed E-state index contributed by atoms with van der Waals surface area (Å²) in [4.78, 5) is 37.8. The number of piperazine rings is 1. The Morgan fingerprint density at radius 3 is 2.33 bits per heavy atom. The van der Waals surface area contributed by atoms with E-state index in [1.165, 1.54) is 25.3 Å². The van der Waals surface area contributed by atoms with Crippen LogP contribution in [0.25, 0.3) is 32.8 Å². The van der Waals surface area contributed by atoms with Gasteiger partial charge in [-0.1, -0.05) is 6.07 Å². The summed E-state index contributed by atoms with van der Waals surface area (Å²) >= 11 is 0. The molecule has 0 unspecified atom stereocenters. The maximum absolute atomic E-state index is 17.4. The van der Waals surface area contributed by atoms with Crippen molar-refractivity contribution >= 4 is 39.6 Å². The number of halogens is 5. The standard InChI is InChI=1S/C37H40F5N5O7/c1-36(2,3)54-35(50)47-20-8-9-21(47)16-46(15-20)32-26-14-25(33(48)49)29(30(39)31(26)44-34(45-32)52-17-37(40,41)42)24-13-22(53-18-51-4)12-19-7-10-27(38)23(28(19)24)6-5-11-43/h7,10,12-14,20-21H,5-6,8-9,11,15-18,43H2,1-4H3,(H,48,49)/t20-,21+. The number of hydrogen-bond acceptors (Lipinski definition) is 10. The van der Waals surface area contributed by atoms with Crippen molar-refractivity contribution in [2.75, 3.05) is 45.0 Å². The normalized spacial score (nSPS) is 17.4. The van der Waals surface area contributed by atoms with E-state index in [4.69, 9.17) is 24.7 Å². The second kappa shape index (κ2) is 15.0. The van der Waals surface area contributed by atoms with Crippen molar-refractivity contribution in [2.45, 2.75) is 70.3 Å². The molecule has 6 rings (SSSR count). The van der Waals surface area contributed by atoms with Crippen LogP contribution < -0.4 is 20.1 Å². The zero-order chi connectivity index (χ0) is 39.1. The Morgan fingerprint density at radius 2 is 1.72 bits per heavy atom. The quantitative estimate of drug-likeness (QED) is 0.122. The highest BCUT2D eigenvalue weighted by atomic mass is 19.4. The lowest BCUT2D eigenvalue weighted by Gasteiger charge is -2.42. The van der Waals surface area contributed by atoms with Crippen molar-refractivity contribution in [3.05, 3.63) is 53.1 Å². The first-order chi connectivity index (χ1) is 25.5. The van der Waals surface area contributed by atoms with Gasteiger partial charge in [-0.15, -0.1) is 0 Å². The molecular weight excluding hydrogens is 721 g/mol. The molecule has 54 heavy (non-hydrogen) atoms. The van der Waals surface area contributed by atoms with Crippen molar-refractivity contribution < 1.29 is 55.6 Å². The number of ether oxygens (including phenoxy) is 4. The van der Waals surface area contributed by atoms with Gasteiger partial charge in [0.15, 0.2) is 19.2 Å². The van der Waals surface area contributed by atoms with E-state index in [1.807, 2.05) is 0 Å². The summed E-state index contributed by atoms with van der Waals surface area (Å²) < 4.78 is 94.2. The number of carbonyl (C=O) groups is 2. The number of amides is 1. The number of carboxylic acids is 1. The third kappa shape index (κ3) is 7.92. The van der Waals surface area contributed by atoms with Gasteiger partial charge in [0.2, 0.25) is 0 Å². The molecule has 0 aliphatic carbocycles. The minimum absolute atomic E-state index is 0.0659. The number of fused-ring (bicyclic) bond motifs is 4. The summed E-state index contributed by atoms with van der Waals surface area (Å²) in [6.07, 6.45) is -3.68. The predicted molar refractivity (Wildman–Crippen MR) is 188 cm³/mol. The Kier molecular flexibility index (Phi) is 10.8. The molecule has 1 amide bonds. The highest BCUT2D eigenvalue weighted by Crippen LogP contribution is 2.44. The maximum atomic E-state index is 17.4. The van der Waals surface area contributed by atoms with Gasteiger partial charge in [-0.3, -0.25) is 4.90 Å². The van der Waals surface area contributed by atoms with Crippen LogP contribution in [-0.2, 0) is 15.9 Å². The topological polar surface area (TPSA) is 150 Å². The Morgan fingerprint density at radius 1 is 1.02 bits per heavy atom. The summed E-state index contributed by atoms with van der Waals surface area (Å²) in [5.41, 5.74) is 3.47. The molecule has 17 heteroatoms. The molecule has 12 nitrogen and oxygen atoms in total. The summed E-state index contributed by atoms with van der Waals surface area (Å²) in [7, 11) is 1.38. The largest absolute Gasteiger partial charge is 0.478 e. The van der Waals surface area contributed by atoms with Gasteiger partial charge in [-0.05, 0) is 99.2 Å². The number of carbonyl (C=O) groups excluding carboxylic acids is 1. The molecule has 0 saturated carbocycles. The van der Waals surface area contributed by atoms with Crippen LogP contribution in [0.4, 0.5) is 32.6 Å². The van der Waals surface area contributed by atoms with Crippen molar-refractivity contribution in [1.29, 1.82) is 0 Å². The van der Waals surface area contributed by atoms with Gasteiger partial charge in [0.25, 0.3) is 0 Å². The van der Waals surface area contributed by atoms with Crippen LogP contribution in [-0.4, -0.2) is 96.0 Å². The second-order valence-electron chi connectivity index (χ2n) is 14.3. The molecule has 4 aromatic rings. The molecular formula is C37H40F5N5O7. The van der Waals surface area contributed by atoms with Gasteiger partial charge in [-0.2, -0.15) is 23.1 Å². The van der Waals surface area contributed by atoms with E-state index in [-0.39, 0.29) is 66.3 Å². The summed E-state index contributed by atoms with van der Waals surface area (Å²) in [6, 6.07) is 5.14. The summed E-state index contributed by atoms with van der Waals surface area (Å²) in [5.74, 6) is -3.35. The zero-order valence-electron chi connectivity index (χ0n) is 30.1. The number of aromatic carboxylic acids is 1. The first kappa shape index (κ1) is 38.7. The molecule has 0 spiro atoms. The number of hydrogen-bond donors (Lipinski definition) is 2. The van der Waals surface area contributed by atoms with E-state index in [1.54, 1.807) is 36.6 Å². The Bertz CT molecular complexity index is 2080. The first-order valence-corrected chi connectivity index (χ1v) is 17.3. The molecule has 2 saturated heterocycles. The highest BCUT2D eigenvalue weighted by Gasteiger charge is 2.45. The first-order valence-electron chi connectivity index (χ1n) is 17.3. The molecule has 3 aromatic carbocycles. The smallest absolute Gasteiger partial charge is 0.422 e. The van der Waals surface area contributed by atoms with Gasteiger partial charge >= 0.3 is 24.2 Å². The fourth-order valence-electron chi connectivity index (χ4n) is 7.18. The lowest BCUT2D eigenvalue weighted by Crippen LogP contribution is -2.57. The van der Waals surface area contributed by atoms with Crippen LogP contribution in [0.3, 0.4) is 0 Å². The molecule has 1 aromatic heterocycles. The lowest BCUT2D eigenvalue weighted by atomic mass is 9.88. The minimum Gasteiger partial charge on any atom is -0.478 e. The van der Waals surface area contributed by atoms with Gasteiger partial charge < -0.3 is 34.7 Å². The zero-order valence-corrected chi connectivity index (χ0v) is 30.1. The SMILES string of the molecule is COCOc1cc(-c2c(C(=O)O)cc3c(N4C[C@H]5CC[C@@H](C4)N5C(=O)OC(C)(C)C)nc(OCC(F)(F)F)nc3c2F)c2c(CCCN)c(F)ccc2c1. The average molecular weight is 762 g/mol. The number of nitrogens with zero attached hydrogens (tertiary/aromatic N) is 4. The fourth-order valence-corrected chi connectivity index (χ4v) is 7.18. The third-order valence-corrected chi connectivity index (χ3v) is 9.26. The average Bonchev–Trinajstić information content (AvgIpc) is 3.37. The van der Waals surface area contributed by atoms with E-state index in [0.29, 0.717) is 24.6 Å². The van der Waals surface area contributed by atoms with E-state index in [0.717, 1.165) is 6.07 Å². The van der Waals surface area contributed by atoms with E-state index in [9.17, 15) is 27.9 Å². The van der Waals surface area contributed by atoms with E-state index >= 15 is 8.78 Å². The van der Waals surface area contributed by atoms with E-state index in [2.05, 4.69) is 9.97 Å². The summed E-state index contributed by atoms with van der Waals surface area (Å²) in [6.45, 7) is 3.67. The van der Waals surface area contributed by atoms with Crippen LogP contribution in [0, 0.1) is 11.6 Å². The molecule has 0 radical (unpaired) electrons. The molecule has 2 aliphatic rings. The predicted octanol–water partition coefficient (Wildman–Crippen LogP) is 6.83. The molecule has 290 valence electrons. The Labute approximate surface area is 306 Å². The van der Waals surface area contributed by atoms with Crippen molar-refractivity contribution in [1.82, 2.24) is 14.9 Å². The monoisotopic (exact) mass is 761 g/mol. The van der Waals surface area contributed by atoms with E-state index < -0.39 is 76.8 Å². The molecule has 3 N–H and O–H groups in total. The number of methoxy groups -OCH3 is 1. The van der Waals surface area contributed by atoms with Crippen molar-refractivity contribution in [2.24, 2.45) is 5.73 Å².